The van der Waals surface area contributed by atoms with E-state index in [0.29, 0.717) is 27.8 Å². The second-order valence-electron chi connectivity index (χ2n) is 6.68. The average molecular weight is 426 g/mol. The van der Waals surface area contributed by atoms with Gasteiger partial charge in [-0.15, -0.1) is 0 Å². The lowest BCUT2D eigenvalue weighted by Crippen LogP contribution is -2.16. The van der Waals surface area contributed by atoms with E-state index in [4.69, 9.17) is 25.8 Å². The fourth-order valence-corrected chi connectivity index (χ4v) is 3.37. The standard InChI is InChI=1S/C24H24ClNO4/c1-28-20-10-7-16(8-11-20)22(27)15-21(26-19-6-4-5-18(25)14-19)17-9-12-23(29-2)24(13-17)30-3/h4-14,21,26H,15H2,1-3H3. The van der Waals surface area contributed by atoms with E-state index in [9.17, 15) is 4.79 Å². The van der Waals surface area contributed by atoms with E-state index in [1.165, 1.54) is 0 Å². The highest BCUT2D eigenvalue weighted by Crippen LogP contribution is 2.33. The highest BCUT2D eigenvalue weighted by molar-refractivity contribution is 6.30. The summed E-state index contributed by atoms with van der Waals surface area (Å²) in [4.78, 5) is 13.0. The number of benzene rings is 3. The predicted molar refractivity (Wildman–Crippen MR) is 119 cm³/mol. The van der Waals surface area contributed by atoms with E-state index < -0.39 is 0 Å². The number of methoxy groups -OCH3 is 3. The summed E-state index contributed by atoms with van der Waals surface area (Å²) in [5.74, 6) is 1.95. The van der Waals surface area contributed by atoms with Crippen LogP contribution in [0.2, 0.25) is 5.02 Å². The molecule has 0 aliphatic rings. The number of halogens is 1. The third-order valence-corrected chi connectivity index (χ3v) is 5.01. The Bertz CT molecular complexity index is 1000. The van der Waals surface area contributed by atoms with Crippen LogP contribution in [-0.4, -0.2) is 27.1 Å². The van der Waals surface area contributed by atoms with Gasteiger partial charge >= 0.3 is 0 Å². The first-order chi connectivity index (χ1) is 14.5. The van der Waals surface area contributed by atoms with Gasteiger partial charge in [0.05, 0.1) is 27.4 Å². The molecule has 3 aromatic carbocycles. The summed E-state index contributed by atoms with van der Waals surface area (Å²) in [6.45, 7) is 0. The number of hydrogen-bond acceptors (Lipinski definition) is 5. The molecule has 0 heterocycles. The average Bonchev–Trinajstić information content (AvgIpc) is 2.78. The van der Waals surface area contributed by atoms with Crippen molar-refractivity contribution >= 4 is 23.1 Å². The molecule has 0 amide bonds. The summed E-state index contributed by atoms with van der Waals surface area (Å²) in [6.07, 6.45) is 0.244. The zero-order valence-corrected chi connectivity index (χ0v) is 17.9. The Hall–Kier alpha value is -3.18. The van der Waals surface area contributed by atoms with Crippen LogP contribution in [-0.2, 0) is 0 Å². The van der Waals surface area contributed by atoms with Gasteiger partial charge in [0.2, 0.25) is 0 Å². The molecule has 1 unspecified atom stereocenters. The van der Waals surface area contributed by atoms with Crippen molar-refractivity contribution in [1.82, 2.24) is 0 Å². The van der Waals surface area contributed by atoms with E-state index in [1.54, 1.807) is 51.7 Å². The van der Waals surface area contributed by atoms with Crippen molar-refractivity contribution in [3.63, 3.8) is 0 Å². The molecule has 156 valence electrons. The summed E-state index contributed by atoms with van der Waals surface area (Å²) >= 11 is 6.14. The molecule has 0 spiro atoms. The number of ketones is 1. The smallest absolute Gasteiger partial charge is 0.165 e. The van der Waals surface area contributed by atoms with Crippen LogP contribution >= 0.6 is 11.6 Å². The molecule has 30 heavy (non-hydrogen) atoms. The summed E-state index contributed by atoms with van der Waals surface area (Å²) in [5.41, 5.74) is 2.34. The van der Waals surface area contributed by atoms with Crippen LogP contribution in [0.25, 0.3) is 0 Å². The van der Waals surface area contributed by atoms with Crippen LogP contribution in [0.3, 0.4) is 0 Å². The number of carbonyl (C=O) groups excluding carboxylic acids is 1. The van der Waals surface area contributed by atoms with Crippen molar-refractivity contribution in [3.05, 3.63) is 82.9 Å². The third-order valence-electron chi connectivity index (χ3n) is 4.78. The van der Waals surface area contributed by atoms with Crippen LogP contribution in [0.15, 0.2) is 66.7 Å². The van der Waals surface area contributed by atoms with Gasteiger partial charge in [-0.05, 0) is 60.2 Å². The molecule has 6 heteroatoms. The van der Waals surface area contributed by atoms with E-state index in [-0.39, 0.29) is 18.2 Å². The van der Waals surface area contributed by atoms with Crippen LogP contribution < -0.4 is 19.5 Å². The van der Waals surface area contributed by atoms with Crippen molar-refractivity contribution in [2.45, 2.75) is 12.5 Å². The molecule has 1 N–H and O–H groups in total. The van der Waals surface area contributed by atoms with Gasteiger partial charge in [-0.1, -0.05) is 23.7 Å². The van der Waals surface area contributed by atoms with Crippen molar-refractivity contribution in [1.29, 1.82) is 0 Å². The molecule has 0 fully saturated rings. The Labute approximate surface area is 181 Å². The minimum absolute atomic E-state index is 0.00645. The van der Waals surface area contributed by atoms with Gasteiger partial charge in [0.25, 0.3) is 0 Å². The maximum Gasteiger partial charge on any atom is 0.165 e. The zero-order chi connectivity index (χ0) is 21.5. The van der Waals surface area contributed by atoms with Gasteiger partial charge in [0.1, 0.15) is 5.75 Å². The van der Waals surface area contributed by atoms with Gasteiger partial charge in [-0.3, -0.25) is 4.79 Å². The number of nitrogens with one attached hydrogen (secondary N) is 1. The second kappa shape index (κ2) is 10.0. The maximum atomic E-state index is 13.0. The normalized spacial score (nSPS) is 11.5. The summed E-state index contributed by atoms with van der Waals surface area (Å²) < 4.78 is 15.9. The van der Waals surface area contributed by atoms with Crippen LogP contribution in [0.5, 0.6) is 17.2 Å². The van der Waals surface area contributed by atoms with Crippen LogP contribution in [0.1, 0.15) is 28.4 Å². The molecule has 3 rings (SSSR count). The van der Waals surface area contributed by atoms with E-state index in [2.05, 4.69) is 5.32 Å². The molecule has 0 aromatic heterocycles. The SMILES string of the molecule is COc1ccc(C(=O)CC(Nc2cccc(Cl)c2)c2ccc(OC)c(OC)c2)cc1. The quantitative estimate of drug-likeness (QED) is 0.439. The highest BCUT2D eigenvalue weighted by atomic mass is 35.5. The number of anilines is 1. The molecule has 5 nitrogen and oxygen atoms in total. The van der Waals surface area contributed by atoms with Crippen LogP contribution in [0.4, 0.5) is 5.69 Å². The summed E-state index contributed by atoms with van der Waals surface area (Å²) in [7, 11) is 4.77. The minimum Gasteiger partial charge on any atom is -0.497 e. The van der Waals surface area contributed by atoms with Crippen molar-refractivity contribution in [2.24, 2.45) is 0 Å². The van der Waals surface area contributed by atoms with Gasteiger partial charge in [0.15, 0.2) is 17.3 Å². The monoisotopic (exact) mass is 425 g/mol. The Morgan fingerprint density at radius 1 is 0.900 bits per heavy atom. The molecule has 3 aromatic rings. The molecule has 0 saturated carbocycles. The predicted octanol–water partition coefficient (Wildman–Crippen LogP) is 5.79. The topological polar surface area (TPSA) is 56.8 Å². The lowest BCUT2D eigenvalue weighted by Gasteiger charge is -2.21. The van der Waals surface area contributed by atoms with Crippen molar-refractivity contribution < 1.29 is 19.0 Å². The second-order valence-corrected chi connectivity index (χ2v) is 7.11. The number of hydrogen-bond donors (Lipinski definition) is 1. The van der Waals surface area contributed by atoms with E-state index in [1.807, 2.05) is 36.4 Å². The molecular weight excluding hydrogens is 402 g/mol. The largest absolute Gasteiger partial charge is 0.497 e. The summed E-state index contributed by atoms with van der Waals surface area (Å²) in [6, 6.07) is 19.8. The van der Waals surface area contributed by atoms with Crippen molar-refractivity contribution in [2.75, 3.05) is 26.6 Å². The maximum absolute atomic E-state index is 13.0. The van der Waals surface area contributed by atoms with Crippen molar-refractivity contribution in [3.8, 4) is 17.2 Å². The number of ether oxygens (including phenoxy) is 3. The molecule has 0 radical (unpaired) electrons. The summed E-state index contributed by atoms with van der Waals surface area (Å²) in [5, 5.41) is 4.04. The first kappa shape index (κ1) is 21.5. The first-order valence-electron chi connectivity index (χ1n) is 9.45. The van der Waals surface area contributed by atoms with Gasteiger partial charge in [-0.25, -0.2) is 0 Å². The van der Waals surface area contributed by atoms with Gasteiger partial charge < -0.3 is 19.5 Å². The Balaban J connectivity index is 1.91. The zero-order valence-electron chi connectivity index (χ0n) is 17.1. The van der Waals surface area contributed by atoms with Crippen LogP contribution in [0, 0.1) is 0 Å². The van der Waals surface area contributed by atoms with Gasteiger partial charge in [0, 0.05) is 22.7 Å². The Morgan fingerprint density at radius 2 is 1.63 bits per heavy atom. The molecule has 0 aliphatic carbocycles. The Kier molecular flexibility index (Phi) is 7.20. The molecule has 0 aliphatic heterocycles. The molecule has 0 bridgehead atoms. The van der Waals surface area contributed by atoms with Gasteiger partial charge in [-0.2, -0.15) is 0 Å². The first-order valence-corrected chi connectivity index (χ1v) is 9.83. The third kappa shape index (κ3) is 5.24. The molecular formula is C24H24ClNO4. The lowest BCUT2D eigenvalue weighted by atomic mass is 9.97. The number of Topliss-reactive ketones (excluding diaryl/α,β-unsaturated/α-hetero) is 1. The number of carbonyl (C=O) groups is 1. The fraction of sp³-hybridized carbons (Fsp3) is 0.208. The highest BCUT2D eigenvalue weighted by Gasteiger charge is 2.19. The number of rotatable bonds is 9. The van der Waals surface area contributed by atoms with E-state index in [0.717, 1.165) is 11.3 Å². The molecule has 0 saturated heterocycles. The Morgan fingerprint density at radius 3 is 2.27 bits per heavy atom. The lowest BCUT2D eigenvalue weighted by molar-refractivity contribution is 0.0976. The van der Waals surface area contributed by atoms with E-state index >= 15 is 0 Å². The fourth-order valence-electron chi connectivity index (χ4n) is 3.18. The molecule has 1 atom stereocenters. The minimum atomic E-state index is -0.294.